The fourth-order valence-corrected chi connectivity index (χ4v) is 2.73. The van der Waals surface area contributed by atoms with Gasteiger partial charge in [0, 0.05) is 24.5 Å². The maximum absolute atomic E-state index is 13.4. The summed E-state index contributed by atoms with van der Waals surface area (Å²) in [5.74, 6) is 0.568. The minimum atomic E-state index is -0.525. The van der Waals surface area contributed by atoms with E-state index >= 15 is 0 Å². The van der Waals surface area contributed by atoms with Gasteiger partial charge in [-0.3, -0.25) is 4.79 Å². The third-order valence-corrected chi connectivity index (χ3v) is 3.74. The molecule has 1 aromatic rings. The minimum absolute atomic E-state index is 0.0538. The van der Waals surface area contributed by atoms with Crippen molar-refractivity contribution in [2.45, 2.75) is 12.5 Å². The van der Waals surface area contributed by atoms with E-state index in [2.05, 4.69) is 5.32 Å². The summed E-state index contributed by atoms with van der Waals surface area (Å²) in [5, 5.41) is 3.09. The number of rotatable bonds is 3. The number of nitrogens with one attached hydrogen (secondary N) is 1. The van der Waals surface area contributed by atoms with Gasteiger partial charge < -0.3 is 5.32 Å². The van der Waals surface area contributed by atoms with Crippen molar-refractivity contribution in [2.75, 3.05) is 18.1 Å². The summed E-state index contributed by atoms with van der Waals surface area (Å²) in [4.78, 5) is 11.9. The Labute approximate surface area is 103 Å². The Balaban J connectivity index is 2.04. The van der Waals surface area contributed by atoms with E-state index in [9.17, 15) is 13.6 Å². The van der Waals surface area contributed by atoms with Crippen LogP contribution in [0.2, 0.25) is 0 Å². The first-order chi connectivity index (χ1) is 8.16. The number of thioether (sulfide) groups is 1. The summed E-state index contributed by atoms with van der Waals surface area (Å²) >= 11 is 1.70. The van der Waals surface area contributed by atoms with Crippen molar-refractivity contribution >= 4 is 17.5 Å². The molecule has 0 amide bonds. The monoisotopic (exact) mass is 257 g/mol. The first-order valence-corrected chi connectivity index (χ1v) is 6.60. The Hall–Kier alpha value is -0.940. The van der Waals surface area contributed by atoms with Gasteiger partial charge in [0.15, 0.2) is 5.78 Å². The molecule has 0 spiro atoms. The quantitative estimate of drug-likeness (QED) is 0.895. The molecule has 1 N–H and O–H groups in total. The van der Waals surface area contributed by atoms with Gasteiger partial charge in [-0.05, 0) is 23.8 Å². The zero-order valence-corrected chi connectivity index (χ0v) is 10.0. The second kappa shape index (κ2) is 5.60. The van der Waals surface area contributed by atoms with Gasteiger partial charge in [-0.2, -0.15) is 11.8 Å². The Morgan fingerprint density at radius 3 is 3.00 bits per heavy atom. The molecule has 1 atom stereocenters. The van der Waals surface area contributed by atoms with Crippen molar-refractivity contribution in [3.8, 4) is 0 Å². The molecule has 0 bridgehead atoms. The molecular weight excluding hydrogens is 244 g/mol. The second-order valence-electron chi connectivity index (χ2n) is 3.96. The second-order valence-corrected chi connectivity index (χ2v) is 5.11. The van der Waals surface area contributed by atoms with Gasteiger partial charge in [-0.1, -0.05) is 0 Å². The summed E-state index contributed by atoms with van der Waals surface area (Å²) in [6, 6.07) is 2.96. The SMILES string of the molecule is O=C(Cc1cc(F)ccc1F)C1CSCCN1. The van der Waals surface area contributed by atoms with Gasteiger partial charge in [0.2, 0.25) is 0 Å². The smallest absolute Gasteiger partial charge is 0.155 e. The van der Waals surface area contributed by atoms with Gasteiger partial charge >= 0.3 is 0 Å². The first-order valence-electron chi connectivity index (χ1n) is 5.44. The summed E-state index contributed by atoms with van der Waals surface area (Å²) in [6.07, 6.45) is -0.0538. The summed E-state index contributed by atoms with van der Waals surface area (Å²) < 4.78 is 26.3. The van der Waals surface area contributed by atoms with Crippen molar-refractivity contribution in [1.82, 2.24) is 5.32 Å². The van der Waals surface area contributed by atoms with Gasteiger partial charge in [0.25, 0.3) is 0 Å². The van der Waals surface area contributed by atoms with Crippen LogP contribution in [-0.4, -0.2) is 29.9 Å². The predicted octanol–water partition coefficient (Wildman–Crippen LogP) is 1.78. The van der Waals surface area contributed by atoms with Crippen LogP contribution in [0, 0.1) is 11.6 Å². The molecule has 1 aliphatic heterocycles. The number of hydrogen-bond acceptors (Lipinski definition) is 3. The standard InChI is InChI=1S/C12H13F2NOS/c13-9-1-2-10(14)8(5-9)6-12(16)11-7-17-4-3-15-11/h1-2,5,11,15H,3-4,6-7H2. The molecule has 0 radical (unpaired) electrons. The van der Waals surface area contributed by atoms with Crippen LogP contribution >= 0.6 is 11.8 Å². The molecule has 1 aromatic carbocycles. The van der Waals surface area contributed by atoms with E-state index in [-0.39, 0.29) is 23.8 Å². The average Bonchev–Trinajstić information content (AvgIpc) is 2.35. The molecule has 92 valence electrons. The van der Waals surface area contributed by atoms with E-state index in [0.29, 0.717) is 5.75 Å². The number of hydrogen-bond donors (Lipinski definition) is 1. The topological polar surface area (TPSA) is 29.1 Å². The van der Waals surface area contributed by atoms with E-state index in [1.165, 1.54) is 0 Å². The van der Waals surface area contributed by atoms with Crippen molar-refractivity contribution in [3.05, 3.63) is 35.4 Å². The van der Waals surface area contributed by atoms with E-state index in [0.717, 1.165) is 30.5 Å². The third kappa shape index (κ3) is 3.26. The summed E-state index contributed by atoms with van der Waals surface area (Å²) in [7, 11) is 0. The van der Waals surface area contributed by atoms with Gasteiger partial charge in [0.1, 0.15) is 11.6 Å². The summed E-state index contributed by atoms with van der Waals surface area (Å²) in [5.41, 5.74) is 0.132. The average molecular weight is 257 g/mol. The van der Waals surface area contributed by atoms with Crippen LogP contribution in [0.4, 0.5) is 8.78 Å². The highest BCUT2D eigenvalue weighted by molar-refractivity contribution is 7.99. The number of carbonyl (C=O) groups is 1. The molecule has 1 aliphatic rings. The van der Waals surface area contributed by atoms with Crippen LogP contribution in [0.3, 0.4) is 0 Å². The fourth-order valence-electron chi connectivity index (χ4n) is 1.76. The van der Waals surface area contributed by atoms with Crippen molar-refractivity contribution in [2.24, 2.45) is 0 Å². The highest BCUT2D eigenvalue weighted by Crippen LogP contribution is 2.14. The Morgan fingerprint density at radius 1 is 1.47 bits per heavy atom. The molecular formula is C12H13F2NOS. The molecule has 1 heterocycles. The highest BCUT2D eigenvalue weighted by Gasteiger charge is 2.21. The van der Waals surface area contributed by atoms with Gasteiger partial charge in [0.05, 0.1) is 6.04 Å². The van der Waals surface area contributed by atoms with Crippen molar-refractivity contribution in [3.63, 3.8) is 0 Å². The normalized spacial score (nSPS) is 20.2. The van der Waals surface area contributed by atoms with Crippen molar-refractivity contribution < 1.29 is 13.6 Å². The zero-order chi connectivity index (χ0) is 12.3. The molecule has 2 rings (SSSR count). The minimum Gasteiger partial charge on any atom is -0.306 e. The van der Waals surface area contributed by atoms with Gasteiger partial charge in [-0.15, -0.1) is 0 Å². The first kappa shape index (κ1) is 12.5. The van der Waals surface area contributed by atoms with Crippen LogP contribution in [0.5, 0.6) is 0 Å². The maximum atomic E-state index is 13.4. The molecule has 0 aromatic heterocycles. The molecule has 1 fully saturated rings. The lowest BCUT2D eigenvalue weighted by Gasteiger charge is -2.21. The van der Waals surface area contributed by atoms with E-state index in [4.69, 9.17) is 0 Å². The van der Waals surface area contributed by atoms with Crippen LogP contribution < -0.4 is 5.32 Å². The zero-order valence-electron chi connectivity index (χ0n) is 9.21. The Bertz CT molecular complexity index is 419. The van der Waals surface area contributed by atoms with Gasteiger partial charge in [-0.25, -0.2) is 8.78 Å². The van der Waals surface area contributed by atoms with Crippen molar-refractivity contribution in [1.29, 1.82) is 0 Å². The molecule has 2 nitrogen and oxygen atoms in total. The lowest BCUT2D eigenvalue weighted by atomic mass is 10.0. The van der Waals surface area contributed by atoms with Crippen LogP contribution in [-0.2, 0) is 11.2 Å². The molecule has 1 unspecified atom stereocenters. The van der Waals surface area contributed by atoms with Crippen LogP contribution in [0.15, 0.2) is 18.2 Å². The van der Waals surface area contributed by atoms with Crippen LogP contribution in [0.1, 0.15) is 5.56 Å². The maximum Gasteiger partial charge on any atom is 0.155 e. The predicted molar refractivity (Wildman–Crippen MR) is 64.2 cm³/mol. The fraction of sp³-hybridized carbons (Fsp3) is 0.417. The molecule has 0 aliphatic carbocycles. The number of ketones is 1. The Morgan fingerprint density at radius 2 is 2.29 bits per heavy atom. The number of halogens is 2. The molecule has 17 heavy (non-hydrogen) atoms. The summed E-state index contributed by atoms with van der Waals surface area (Å²) in [6.45, 7) is 0.784. The van der Waals surface area contributed by atoms with E-state index in [1.807, 2.05) is 0 Å². The van der Waals surface area contributed by atoms with E-state index in [1.54, 1.807) is 11.8 Å². The number of Topliss-reactive ketones (excluding diaryl/α,β-unsaturated/α-hetero) is 1. The molecule has 1 saturated heterocycles. The third-order valence-electron chi connectivity index (χ3n) is 2.68. The highest BCUT2D eigenvalue weighted by atomic mass is 32.2. The lowest BCUT2D eigenvalue weighted by Crippen LogP contribution is -2.44. The number of carbonyl (C=O) groups excluding carboxylic acids is 1. The molecule has 0 saturated carbocycles. The Kier molecular flexibility index (Phi) is 4.12. The molecule has 5 heteroatoms. The number of benzene rings is 1. The van der Waals surface area contributed by atoms with E-state index < -0.39 is 11.6 Å². The van der Waals surface area contributed by atoms with Crippen LogP contribution in [0.25, 0.3) is 0 Å². The lowest BCUT2D eigenvalue weighted by molar-refractivity contribution is -0.120. The largest absolute Gasteiger partial charge is 0.306 e.